The van der Waals surface area contributed by atoms with E-state index in [4.69, 9.17) is 4.74 Å². The Morgan fingerprint density at radius 1 is 1.29 bits per heavy atom. The number of anilines is 1. The van der Waals surface area contributed by atoms with Crippen LogP contribution in [0.25, 0.3) is 0 Å². The Labute approximate surface area is 127 Å². The van der Waals surface area contributed by atoms with E-state index in [9.17, 15) is 9.18 Å². The standard InChI is InChI=1S/C16H16FNO2S/c17-13-2-1-3-15(10-13)18(14-4-7-20-8-5-14)16(19)12-6-9-21-11-12/h1-3,6,9-11,14H,4-5,7-8H2. The van der Waals surface area contributed by atoms with Crippen molar-refractivity contribution in [1.82, 2.24) is 0 Å². The van der Waals surface area contributed by atoms with E-state index in [1.807, 2.05) is 10.8 Å². The van der Waals surface area contributed by atoms with Crippen LogP contribution in [0.3, 0.4) is 0 Å². The first-order chi connectivity index (χ1) is 10.3. The van der Waals surface area contributed by atoms with Gasteiger partial charge >= 0.3 is 0 Å². The van der Waals surface area contributed by atoms with Crippen LogP contribution >= 0.6 is 11.3 Å². The van der Waals surface area contributed by atoms with E-state index in [1.54, 1.807) is 23.1 Å². The lowest BCUT2D eigenvalue weighted by Gasteiger charge is -2.34. The van der Waals surface area contributed by atoms with Crippen LogP contribution in [-0.4, -0.2) is 25.2 Å². The van der Waals surface area contributed by atoms with E-state index in [1.165, 1.54) is 23.5 Å². The largest absolute Gasteiger partial charge is 0.381 e. The summed E-state index contributed by atoms with van der Waals surface area (Å²) >= 11 is 1.48. The summed E-state index contributed by atoms with van der Waals surface area (Å²) in [6, 6.07) is 8.08. The van der Waals surface area contributed by atoms with Gasteiger partial charge in [-0.05, 0) is 42.5 Å². The van der Waals surface area contributed by atoms with Crippen LogP contribution in [0.15, 0.2) is 41.1 Å². The van der Waals surface area contributed by atoms with Crippen LogP contribution in [0, 0.1) is 5.82 Å². The lowest BCUT2D eigenvalue weighted by molar-refractivity contribution is 0.0772. The number of benzene rings is 1. The number of carbonyl (C=O) groups is 1. The summed E-state index contributed by atoms with van der Waals surface area (Å²) in [4.78, 5) is 14.5. The Balaban J connectivity index is 1.96. The van der Waals surface area contributed by atoms with Crippen molar-refractivity contribution in [2.24, 2.45) is 0 Å². The molecule has 0 unspecified atom stereocenters. The molecule has 3 rings (SSSR count). The highest BCUT2D eigenvalue weighted by Crippen LogP contribution is 2.26. The maximum Gasteiger partial charge on any atom is 0.259 e. The zero-order chi connectivity index (χ0) is 14.7. The zero-order valence-electron chi connectivity index (χ0n) is 11.5. The average Bonchev–Trinajstić information content (AvgIpc) is 3.03. The van der Waals surface area contributed by atoms with Gasteiger partial charge in [-0.25, -0.2) is 4.39 Å². The molecule has 1 aliphatic heterocycles. The molecule has 1 aliphatic rings. The fourth-order valence-electron chi connectivity index (χ4n) is 2.59. The van der Waals surface area contributed by atoms with Gasteiger partial charge in [-0.1, -0.05) is 6.07 Å². The van der Waals surface area contributed by atoms with E-state index in [0.29, 0.717) is 24.5 Å². The lowest BCUT2D eigenvalue weighted by atomic mass is 10.0. The van der Waals surface area contributed by atoms with Crippen molar-refractivity contribution in [1.29, 1.82) is 0 Å². The molecule has 2 aromatic rings. The van der Waals surface area contributed by atoms with Crippen molar-refractivity contribution in [2.45, 2.75) is 18.9 Å². The maximum atomic E-state index is 13.5. The van der Waals surface area contributed by atoms with Gasteiger partial charge in [0.25, 0.3) is 5.91 Å². The van der Waals surface area contributed by atoms with Gasteiger partial charge in [-0.15, -0.1) is 0 Å². The summed E-state index contributed by atoms with van der Waals surface area (Å²) < 4.78 is 18.9. The minimum absolute atomic E-state index is 0.0490. The number of rotatable bonds is 3. The van der Waals surface area contributed by atoms with E-state index < -0.39 is 0 Å². The first kappa shape index (κ1) is 14.2. The number of nitrogens with zero attached hydrogens (tertiary/aromatic N) is 1. The van der Waals surface area contributed by atoms with Gasteiger partial charge < -0.3 is 9.64 Å². The molecule has 0 bridgehead atoms. The Bertz CT molecular complexity index is 608. The molecule has 5 heteroatoms. The highest BCUT2D eigenvalue weighted by atomic mass is 32.1. The second-order valence-corrected chi connectivity index (χ2v) is 5.79. The molecule has 21 heavy (non-hydrogen) atoms. The molecular weight excluding hydrogens is 289 g/mol. The molecule has 0 N–H and O–H groups in total. The van der Waals surface area contributed by atoms with E-state index in [2.05, 4.69) is 0 Å². The second-order valence-electron chi connectivity index (χ2n) is 5.01. The molecule has 1 saturated heterocycles. The van der Waals surface area contributed by atoms with E-state index in [-0.39, 0.29) is 17.8 Å². The van der Waals surface area contributed by atoms with Gasteiger partial charge in [0.15, 0.2) is 0 Å². The van der Waals surface area contributed by atoms with Crippen molar-refractivity contribution >= 4 is 22.9 Å². The van der Waals surface area contributed by atoms with Crippen molar-refractivity contribution < 1.29 is 13.9 Å². The summed E-state index contributed by atoms with van der Waals surface area (Å²) in [6.45, 7) is 1.26. The Hall–Kier alpha value is -1.72. The first-order valence-electron chi connectivity index (χ1n) is 6.95. The van der Waals surface area contributed by atoms with Crippen molar-refractivity contribution in [3.8, 4) is 0 Å². The number of amides is 1. The molecule has 3 nitrogen and oxygen atoms in total. The van der Waals surface area contributed by atoms with Crippen LogP contribution in [0.5, 0.6) is 0 Å². The molecule has 0 saturated carbocycles. The predicted molar refractivity (Wildman–Crippen MR) is 81.4 cm³/mol. The number of hydrogen-bond acceptors (Lipinski definition) is 3. The smallest absolute Gasteiger partial charge is 0.259 e. The summed E-state index contributed by atoms with van der Waals surface area (Å²) in [5.41, 5.74) is 1.26. The SMILES string of the molecule is O=C(c1ccsc1)N(c1cccc(F)c1)C1CCOCC1. The van der Waals surface area contributed by atoms with Gasteiger partial charge in [-0.2, -0.15) is 11.3 Å². The Kier molecular flexibility index (Phi) is 4.31. The van der Waals surface area contributed by atoms with Gasteiger partial charge in [-0.3, -0.25) is 4.79 Å². The minimum Gasteiger partial charge on any atom is -0.381 e. The number of hydrogen-bond donors (Lipinski definition) is 0. The third-order valence-corrected chi connectivity index (χ3v) is 4.31. The van der Waals surface area contributed by atoms with Crippen molar-refractivity contribution in [2.75, 3.05) is 18.1 Å². The van der Waals surface area contributed by atoms with Crippen LogP contribution in [0.1, 0.15) is 23.2 Å². The Morgan fingerprint density at radius 3 is 2.76 bits per heavy atom. The van der Waals surface area contributed by atoms with Gasteiger partial charge in [0.1, 0.15) is 5.82 Å². The molecular formula is C16H16FNO2S. The molecule has 1 amide bonds. The molecule has 1 aromatic heterocycles. The molecule has 1 aromatic carbocycles. The third kappa shape index (κ3) is 3.14. The van der Waals surface area contributed by atoms with Gasteiger partial charge in [0.2, 0.25) is 0 Å². The maximum absolute atomic E-state index is 13.5. The molecule has 0 atom stereocenters. The highest BCUT2D eigenvalue weighted by Gasteiger charge is 2.28. The minimum atomic E-state index is -0.331. The molecule has 110 valence electrons. The van der Waals surface area contributed by atoms with Gasteiger partial charge in [0.05, 0.1) is 5.56 Å². The first-order valence-corrected chi connectivity index (χ1v) is 7.89. The van der Waals surface area contributed by atoms with E-state index >= 15 is 0 Å². The van der Waals surface area contributed by atoms with Crippen LogP contribution < -0.4 is 4.90 Å². The van der Waals surface area contributed by atoms with Crippen molar-refractivity contribution in [3.63, 3.8) is 0 Å². The lowest BCUT2D eigenvalue weighted by Crippen LogP contribution is -2.43. The molecule has 2 heterocycles. The van der Waals surface area contributed by atoms with Crippen LogP contribution in [0.2, 0.25) is 0 Å². The molecule has 0 radical (unpaired) electrons. The highest BCUT2D eigenvalue weighted by molar-refractivity contribution is 7.08. The fraction of sp³-hybridized carbons (Fsp3) is 0.312. The molecule has 1 fully saturated rings. The second kappa shape index (κ2) is 6.37. The van der Waals surface area contributed by atoms with Crippen LogP contribution in [0.4, 0.5) is 10.1 Å². The molecule has 0 spiro atoms. The average molecular weight is 305 g/mol. The summed E-state index contributed by atoms with van der Waals surface area (Å²) in [5.74, 6) is -0.406. The number of halogens is 1. The third-order valence-electron chi connectivity index (χ3n) is 3.63. The van der Waals surface area contributed by atoms with Crippen LogP contribution in [-0.2, 0) is 4.74 Å². The molecule has 0 aliphatic carbocycles. The predicted octanol–water partition coefficient (Wildman–Crippen LogP) is 3.71. The normalized spacial score (nSPS) is 15.9. The zero-order valence-corrected chi connectivity index (χ0v) is 12.3. The van der Waals surface area contributed by atoms with Gasteiger partial charge in [0, 0.05) is 30.3 Å². The summed E-state index contributed by atoms with van der Waals surface area (Å²) in [7, 11) is 0. The van der Waals surface area contributed by atoms with E-state index in [0.717, 1.165) is 12.8 Å². The number of ether oxygens (including phenoxy) is 1. The summed E-state index contributed by atoms with van der Waals surface area (Å²) in [6.07, 6.45) is 1.54. The van der Waals surface area contributed by atoms with Crippen molar-refractivity contribution in [3.05, 3.63) is 52.5 Å². The monoisotopic (exact) mass is 305 g/mol. The number of thiophene rings is 1. The Morgan fingerprint density at radius 2 is 2.10 bits per heavy atom. The summed E-state index contributed by atoms with van der Waals surface area (Å²) in [5, 5.41) is 3.70. The quantitative estimate of drug-likeness (QED) is 0.865. The fourth-order valence-corrected chi connectivity index (χ4v) is 3.22. The topological polar surface area (TPSA) is 29.5 Å². The number of carbonyl (C=O) groups excluding carboxylic acids is 1.